The minimum Gasteiger partial charge on any atom is -0.495 e. The maximum Gasteiger partial charge on any atom is 0.290 e. The molecule has 0 spiro atoms. The molecule has 2 aromatic rings. The Morgan fingerprint density at radius 3 is 2.32 bits per heavy atom. The van der Waals surface area contributed by atoms with Gasteiger partial charge >= 0.3 is 0 Å². The summed E-state index contributed by atoms with van der Waals surface area (Å²) in [5.41, 5.74) is 0.554. The molecular weight excluding hydrogens is 248 g/mol. The van der Waals surface area contributed by atoms with Crippen LogP contribution in [0.25, 0.3) is 0 Å². The number of alkyl halides is 2. The van der Waals surface area contributed by atoms with E-state index in [0.717, 1.165) is 0 Å². The van der Waals surface area contributed by atoms with Crippen molar-refractivity contribution in [2.75, 3.05) is 19.0 Å². The van der Waals surface area contributed by atoms with Crippen molar-refractivity contribution in [2.24, 2.45) is 0 Å². The lowest BCUT2D eigenvalue weighted by Gasteiger charge is -2.19. The Labute approximate surface area is 111 Å². The monoisotopic (exact) mass is 263 g/mol. The van der Waals surface area contributed by atoms with Gasteiger partial charge in [-0.3, -0.25) is 0 Å². The molecule has 2 rings (SSSR count). The summed E-state index contributed by atoms with van der Waals surface area (Å²) in [6.07, 6.45) is 0. The summed E-state index contributed by atoms with van der Waals surface area (Å²) in [6.45, 7) is -0.475. The molecule has 0 aliphatic heterocycles. The van der Waals surface area contributed by atoms with Gasteiger partial charge in [0.1, 0.15) is 5.75 Å². The van der Waals surface area contributed by atoms with Crippen LogP contribution in [0.2, 0.25) is 0 Å². The van der Waals surface area contributed by atoms with Crippen LogP contribution in [0.15, 0.2) is 54.6 Å². The summed E-state index contributed by atoms with van der Waals surface area (Å²) >= 11 is 0. The van der Waals surface area contributed by atoms with Crippen molar-refractivity contribution in [3.63, 3.8) is 0 Å². The fourth-order valence-corrected chi connectivity index (χ4v) is 1.78. The number of ether oxygens (including phenoxy) is 1. The lowest BCUT2D eigenvalue weighted by molar-refractivity contribution is 0.0106. The first-order valence-electron chi connectivity index (χ1n) is 5.94. The van der Waals surface area contributed by atoms with Gasteiger partial charge in [-0.15, -0.1) is 0 Å². The van der Waals surface area contributed by atoms with E-state index < -0.39 is 12.5 Å². The summed E-state index contributed by atoms with van der Waals surface area (Å²) in [7, 11) is 1.51. The third-order valence-electron chi connectivity index (χ3n) is 2.80. The predicted molar refractivity (Wildman–Crippen MR) is 71.8 cm³/mol. The first-order valence-corrected chi connectivity index (χ1v) is 5.94. The molecule has 2 nitrogen and oxygen atoms in total. The fourth-order valence-electron chi connectivity index (χ4n) is 1.78. The summed E-state index contributed by atoms with van der Waals surface area (Å²) in [6, 6.07) is 14.8. The summed E-state index contributed by atoms with van der Waals surface area (Å²) in [5.74, 6) is -2.38. The SMILES string of the molecule is COc1ccccc1NCC(F)(F)c1ccccc1. The molecule has 0 aliphatic carbocycles. The highest BCUT2D eigenvalue weighted by Crippen LogP contribution is 2.30. The van der Waals surface area contributed by atoms with Crippen LogP contribution in [0.3, 0.4) is 0 Å². The van der Waals surface area contributed by atoms with Crippen molar-refractivity contribution in [3.8, 4) is 5.75 Å². The van der Waals surface area contributed by atoms with Gasteiger partial charge in [0.05, 0.1) is 19.3 Å². The molecule has 0 aromatic heterocycles. The molecule has 100 valence electrons. The zero-order valence-corrected chi connectivity index (χ0v) is 10.6. The molecule has 4 heteroatoms. The topological polar surface area (TPSA) is 21.3 Å². The Morgan fingerprint density at radius 2 is 1.63 bits per heavy atom. The van der Waals surface area contributed by atoms with Gasteiger partial charge in [-0.1, -0.05) is 42.5 Å². The van der Waals surface area contributed by atoms with E-state index >= 15 is 0 Å². The van der Waals surface area contributed by atoms with E-state index in [2.05, 4.69) is 5.32 Å². The van der Waals surface area contributed by atoms with Crippen LogP contribution in [0.4, 0.5) is 14.5 Å². The highest BCUT2D eigenvalue weighted by molar-refractivity contribution is 5.56. The summed E-state index contributed by atoms with van der Waals surface area (Å²) in [5, 5.41) is 2.73. The Balaban J connectivity index is 2.10. The number of halogens is 2. The maximum atomic E-state index is 14.0. The van der Waals surface area contributed by atoms with E-state index in [1.165, 1.54) is 19.2 Å². The maximum absolute atomic E-state index is 14.0. The van der Waals surface area contributed by atoms with Crippen LogP contribution >= 0.6 is 0 Å². The Bertz CT molecular complexity index is 529. The quantitative estimate of drug-likeness (QED) is 0.883. The van der Waals surface area contributed by atoms with Crippen LogP contribution in [-0.4, -0.2) is 13.7 Å². The number of hydrogen-bond acceptors (Lipinski definition) is 2. The first kappa shape index (κ1) is 13.3. The third kappa shape index (κ3) is 3.22. The molecule has 0 bridgehead atoms. The minimum atomic E-state index is -2.93. The van der Waals surface area contributed by atoms with E-state index in [-0.39, 0.29) is 5.56 Å². The Kier molecular flexibility index (Phi) is 4.00. The van der Waals surface area contributed by atoms with Gasteiger partial charge in [0, 0.05) is 5.56 Å². The number of hydrogen-bond donors (Lipinski definition) is 1. The molecule has 0 radical (unpaired) electrons. The van der Waals surface area contributed by atoms with Gasteiger partial charge in [0.25, 0.3) is 5.92 Å². The normalized spacial score (nSPS) is 11.1. The molecule has 1 N–H and O–H groups in total. The smallest absolute Gasteiger partial charge is 0.290 e. The molecule has 0 unspecified atom stereocenters. The Hall–Kier alpha value is -2.10. The van der Waals surface area contributed by atoms with Gasteiger partial charge < -0.3 is 10.1 Å². The van der Waals surface area contributed by atoms with Crippen molar-refractivity contribution in [2.45, 2.75) is 5.92 Å². The highest BCUT2D eigenvalue weighted by Gasteiger charge is 2.31. The van der Waals surface area contributed by atoms with Gasteiger partial charge in [-0.05, 0) is 12.1 Å². The number of methoxy groups -OCH3 is 1. The van der Waals surface area contributed by atoms with Crippen molar-refractivity contribution in [1.82, 2.24) is 0 Å². The molecule has 19 heavy (non-hydrogen) atoms. The number of rotatable bonds is 5. The zero-order chi connectivity index (χ0) is 13.7. The third-order valence-corrected chi connectivity index (χ3v) is 2.80. The van der Waals surface area contributed by atoms with Crippen LogP contribution in [0.5, 0.6) is 5.75 Å². The molecule has 0 aliphatic rings. The number of benzene rings is 2. The van der Waals surface area contributed by atoms with Crippen molar-refractivity contribution < 1.29 is 13.5 Å². The van der Waals surface area contributed by atoms with Crippen LogP contribution in [-0.2, 0) is 5.92 Å². The largest absolute Gasteiger partial charge is 0.495 e. The molecule has 0 amide bonds. The first-order chi connectivity index (χ1) is 9.13. The summed E-state index contributed by atoms with van der Waals surface area (Å²) in [4.78, 5) is 0. The van der Waals surface area contributed by atoms with Crippen LogP contribution < -0.4 is 10.1 Å². The lowest BCUT2D eigenvalue weighted by atomic mass is 10.1. The number of para-hydroxylation sites is 2. The van der Waals surface area contributed by atoms with E-state index in [1.807, 2.05) is 0 Å². The standard InChI is InChI=1S/C15H15F2NO/c1-19-14-10-6-5-9-13(14)18-11-15(16,17)12-7-3-2-4-8-12/h2-10,18H,11H2,1H3. The van der Waals surface area contributed by atoms with E-state index in [1.54, 1.807) is 42.5 Å². The van der Waals surface area contributed by atoms with Crippen LogP contribution in [0, 0.1) is 0 Å². The van der Waals surface area contributed by atoms with Crippen LogP contribution in [0.1, 0.15) is 5.56 Å². The molecular formula is C15H15F2NO. The number of anilines is 1. The molecule has 0 saturated heterocycles. The summed E-state index contributed by atoms with van der Waals surface area (Å²) < 4.78 is 33.1. The number of nitrogens with one attached hydrogen (secondary N) is 1. The molecule has 0 atom stereocenters. The van der Waals surface area contributed by atoms with Gasteiger partial charge in [-0.2, -0.15) is 8.78 Å². The minimum absolute atomic E-state index is 0.00241. The average Bonchev–Trinajstić information content (AvgIpc) is 2.46. The second kappa shape index (κ2) is 5.69. The van der Waals surface area contributed by atoms with Crippen molar-refractivity contribution >= 4 is 5.69 Å². The van der Waals surface area contributed by atoms with Crippen molar-refractivity contribution in [3.05, 3.63) is 60.2 Å². The Morgan fingerprint density at radius 1 is 1.00 bits per heavy atom. The van der Waals surface area contributed by atoms with Crippen molar-refractivity contribution in [1.29, 1.82) is 0 Å². The lowest BCUT2D eigenvalue weighted by Crippen LogP contribution is -2.24. The van der Waals surface area contributed by atoms with Gasteiger partial charge in [0.2, 0.25) is 0 Å². The molecule has 0 fully saturated rings. The second-order valence-corrected chi connectivity index (χ2v) is 4.12. The van der Waals surface area contributed by atoms with E-state index in [0.29, 0.717) is 11.4 Å². The molecule has 2 aromatic carbocycles. The van der Waals surface area contributed by atoms with E-state index in [9.17, 15) is 8.78 Å². The highest BCUT2D eigenvalue weighted by atomic mass is 19.3. The van der Waals surface area contributed by atoms with Gasteiger partial charge in [0.15, 0.2) is 0 Å². The predicted octanol–water partition coefficient (Wildman–Crippen LogP) is 3.90. The molecule has 0 saturated carbocycles. The molecule has 0 heterocycles. The van der Waals surface area contributed by atoms with E-state index in [4.69, 9.17) is 4.74 Å². The fraction of sp³-hybridized carbons (Fsp3) is 0.200. The average molecular weight is 263 g/mol. The van der Waals surface area contributed by atoms with Gasteiger partial charge in [-0.25, -0.2) is 0 Å². The second-order valence-electron chi connectivity index (χ2n) is 4.12. The zero-order valence-electron chi connectivity index (χ0n) is 10.6.